The molecule has 0 aromatic rings. The van der Waals surface area contributed by atoms with Crippen LogP contribution in [0.4, 0.5) is 4.79 Å². The second kappa shape index (κ2) is 6.75. The van der Waals surface area contributed by atoms with E-state index < -0.39 is 5.97 Å². The number of aliphatic carboxylic acids is 1. The SMILES string of the molecule is O=C(O)C1CCCC1CNC(=O)N1CCCNCC1. The highest BCUT2D eigenvalue weighted by atomic mass is 16.4. The van der Waals surface area contributed by atoms with Crippen molar-refractivity contribution in [3.05, 3.63) is 0 Å². The zero-order valence-electron chi connectivity index (χ0n) is 11.2. The molecule has 1 saturated carbocycles. The summed E-state index contributed by atoms with van der Waals surface area (Å²) >= 11 is 0. The van der Waals surface area contributed by atoms with Gasteiger partial charge in [0.05, 0.1) is 5.92 Å². The molecule has 2 amide bonds. The molecule has 1 heterocycles. The van der Waals surface area contributed by atoms with E-state index in [4.69, 9.17) is 5.11 Å². The molecule has 0 radical (unpaired) electrons. The second-order valence-corrected chi connectivity index (χ2v) is 5.41. The van der Waals surface area contributed by atoms with Gasteiger partial charge in [0.25, 0.3) is 0 Å². The molecule has 2 atom stereocenters. The van der Waals surface area contributed by atoms with Crippen molar-refractivity contribution in [1.29, 1.82) is 0 Å². The van der Waals surface area contributed by atoms with Crippen LogP contribution in [0.5, 0.6) is 0 Å². The Morgan fingerprint density at radius 3 is 2.84 bits per heavy atom. The standard InChI is InChI=1S/C13H23N3O3/c17-12(18)11-4-1-3-10(11)9-15-13(19)16-7-2-5-14-6-8-16/h10-11,14H,1-9H2,(H,15,19)(H,17,18). The Morgan fingerprint density at radius 1 is 1.21 bits per heavy atom. The first-order chi connectivity index (χ1) is 9.18. The van der Waals surface area contributed by atoms with Crippen LogP contribution in [0.1, 0.15) is 25.7 Å². The molecule has 2 fully saturated rings. The quantitative estimate of drug-likeness (QED) is 0.696. The average Bonchev–Trinajstić information content (AvgIpc) is 2.69. The Morgan fingerprint density at radius 2 is 2.05 bits per heavy atom. The van der Waals surface area contributed by atoms with Gasteiger partial charge in [-0.15, -0.1) is 0 Å². The first kappa shape index (κ1) is 14.1. The van der Waals surface area contributed by atoms with Crippen molar-refractivity contribution >= 4 is 12.0 Å². The van der Waals surface area contributed by atoms with E-state index in [-0.39, 0.29) is 17.9 Å². The van der Waals surface area contributed by atoms with Crippen LogP contribution in [-0.2, 0) is 4.79 Å². The minimum Gasteiger partial charge on any atom is -0.481 e. The van der Waals surface area contributed by atoms with Gasteiger partial charge in [-0.05, 0) is 31.7 Å². The Bertz CT molecular complexity index is 327. The summed E-state index contributed by atoms with van der Waals surface area (Å²) in [5, 5.41) is 15.3. The smallest absolute Gasteiger partial charge is 0.317 e. The van der Waals surface area contributed by atoms with E-state index >= 15 is 0 Å². The molecule has 0 bridgehead atoms. The zero-order valence-corrected chi connectivity index (χ0v) is 11.2. The van der Waals surface area contributed by atoms with Gasteiger partial charge in [-0.3, -0.25) is 4.79 Å². The van der Waals surface area contributed by atoms with Crippen molar-refractivity contribution in [2.24, 2.45) is 11.8 Å². The predicted molar refractivity (Wildman–Crippen MR) is 70.9 cm³/mol. The van der Waals surface area contributed by atoms with Gasteiger partial charge in [0.2, 0.25) is 0 Å². The molecule has 6 heteroatoms. The molecule has 0 aromatic carbocycles. The number of urea groups is 1. The third-order valence-corrected chi connectivity index (χ3v) is 4.12. The van der Waals surface area contributed by atoms with Gasteiger partial charge < -0.3 is 20.6 Å². The van der Waals surface area contributed by atoms with E-state index in [1.807, 2.05) is 4.90 Å². The van der Waals surface area contributed by atoms with Crippen molar-refractivity contribution in [2.45, 2.75) is 25.7 Å². The number of amides is 2. The highest BCUT2D eigenvalue weighted by Gasteiger charge is 2.33. The molecule has 1 aliphatic carbocycles. The molecule has 0 spiro atoms. The Hall–Kier alpha value is -1.30. The lowest BCUT2D eigenvalue weighted by Gasteiger charge is -2.23. The fourth-order valence-corrected chi connectivity index (χ4v) is 2.99. The third-order valence-electron chi connectivity index (χ3n) is 4.12. The molecule has 2 unspecified atom stereocenters. The molecular formula is C13H23N3O3. The van der Waals surface area contributed by atoms with Crippen molar-refractivity contribution in [3.63, 3.8) is 0 Å². The summed E-state index contributed by atoms with van der Waals surface area (Å²) < 4.78 is 0. The summed E-state index contributed by atoms with van der Waals surface area (Å²) in [6.07, 6.45) is 3.56. The lowest BCUT2D eigenvalue weighted by molar-refractivity contribution is -0.142. The van der Waals surface area contributed by atoms with E-state index in [1.165, 1.54) is 0 Å². The van der Waals surface area contributed by atoms with Gasteiger partial charge in [0.1, 0.15) is 0 Å². The number of nitrogens with one attached hydrogen (secondary N) is 2. The van der Waals surface area contributed by atoms with Crippen LogP contribution in [0.15, 0.2) is 0 Å². The molecule has 19 heavy (non-hydrogen) atoms. The molecule has 1 aliphatic heterocycles. The molecule has 0 aromatic heterocycles. The summed E-state index contributed by atoms with van der Waals surface area (Å²) in [5.74, 6) is -0.923. The van der Waals surface area contributed by atoms with Gasteiger partial charge in [-0.2, -0.15) is 0 Å². The summed E-state index contributed by atoms with van der Waals surface area (Å²) in [4.78, 5) is 24.9. The molecule has 6 nitrogen and oxygen atoms in total. The van der Waals surface area contributed by atoms with Crippen LogP contribution in [-0.4, -0.2) is 54.7 Å². The molecule has 108 valence electrons. The first-order valence-corrected chi connectivity index (χ1v) is 7.15. The minimum absolute atomic E-state index is 0.0558. The minimum atomic E-state index is -0.726. The fraction of sp³-hybridized carbons (Fsp3) is 0.846. The highest BCUT2D eigenvalue weighted by molar-refractivity contribution is 5.74. The van der Waals surface area contributed by atoms with E-state index in [1.54, 1.807) is 0 Å². The Labute approximate surface area is 113 Å². The zero-order chi connectivity index (χ0) is 13.7. The van der Waals surface area contributed by atoms with Crippen LogP contribution in [0.25, 0.3) is 0 Å². The lowest BCUT2D eigenvalue weighted by atomic mass is 9.96. The molecule has 2 rings (SSSR count). The van der Waals surface area contributed by atoms with Gasteiger partial charge in [0, 0.05) is 26.2 Å². The topological polar surface area (TPSA) is 81.7 Å². The maximum Gasteiger partial charge on any atom is 0.317 e. The fourth-order valence-electron chi connectivity index (χ4n) is 2.99. The third kappa shape index (κ3) is 3.83. The first-order valence-electron chi connectivity index (χ1n) is 7.15. The van der Waals surface area contributed by atoms with Crippen LogP contribution in [0.3, 0.4) is 0 Å². The van der Waals surface area contributed by atoms with Crippen LogP contribution in [0, 0.1) is 11.8 Å². The van der Waals surface area contributed by atoms with Gasteiger partial charge in [0.15, 0.2) is 0 Å². The Balaban J connectivity index is 1.77. The van der Waals surface area contributed by atoms with E-state index in [9.17, 15) is 9.59 Å². The van der Waals surface area contributed by atoms with E-state index in [0.717, 1.165) is 51.9 Å². The average molecular weight is 269 g/mol. The number of carbonyl (C=O) groups excluding carboxylic acids is 1. The van der Waals surface area contributed by atoms with Gasteiger partial charge >= 0.3 is 12.0 Å². The van der Waals surface area contributed by atoms with Crippen molar-refractivity contribution < 1.29 is 14.7 Å². The largest absolute Gasteiger partial charge is 0.481 e. The van der Waals surface area contributed by atoms with Crippen molar-refractivity contribution in [1.82, 2.24) is 15.5 Å². The normalized spacial score (nSPS) is 27.9. The number of carboxylic acids is 1. The van der Waals surface area contributed by atoms with Crippen molar-refractivity contribution in [2.75, 3.05) is 32.7 Å². The molecule has 2 aliphatic rings. The van der Waals surface area contributed by atoms with Gasteiger partial charge in [-0.25, -0.2) is 4.79 Å². The van der Waals surface area contributed by atoms with Gasteiger partial charge in [-0.1, -0.05) is 6.42 Å². The molecule has 3 N–H and O–H groups in total. The number of nitrogens with zero attached hydrogens (tertiary/aromatic N) is 1. The van der Waals surface area contributed by atoms with E-state index in [2.05, 4.69) is 10.6 Å². The van der Waals surface area contributed by atoms with Crippen LogP contribution in [0.2, 0.25) is 0 Å². The monoisotopic (exact) mass is 269 g/mol. The second-order valence-electron chi connectivity index (χ2n) is 5.41. The molecular weight excluding hydrogens is 246 g/mol. The summed E-state index contributed by atoms with van der Waals surface area (Å²) in [5.41, 5.74) is 0. The number of carboxylic acid groups (broad SMARTS) is 1. The maximum atomic E-state index is 12.0. The highest BCUT2D eigenvalue weighted by Crippen LogP contribution is 2.31. The number of rotatable bonds is 3. The van der Waals surface area contributed by atoms with Crippen molar-refractivity contribution in [3.8, 4) is 0 Å². The predicted octanol–water partition coefficient (Wildman–Crippen LogP) is 0.492. The summed E-state index contributed by atoms with van der Waals surface area (Å²) in [6, 6.07) is -0.0558. The van der Waals surface area contributed by atoms with E-state index in [0.29, 0.717) is 6.54 Å². The molecule has 1 saturated heterocycles. The Kier molecular flexibility index (Phi) is 5.01. The van der Waals surface area contributed by atoms with Crippen LogP contribution < -0.4 is 10.6 Å². The van der Waals surface area contributed by atoms with Crippen LogP contribution >= 0.6 is 0 Å². The number of hydrogen-bond acceptors (Lipinski definition) is 3. The summed E-state index contributed by atoms with van der Waals surface area (Å²) in [7, 11) is 0. The maximum absolute atomic E-state index is 12.0. The lowest BCUT2D eigenvalue weighted by Crippen LogP contribution is -2.44. The summed E-state index contributed by atoms with van der Waals surface area (Å²) in [6.45, 7) is 3.76. The number of hydrogen-bond donors (Lipinski definition) is 3. The number of carbonyl (C=O) groups is 2.